The summed E-state index contributed by atoms with van der Waals surface area (Å²) in [6.07, 6.45) is 0. The number of hydrogen-bond donors (Lipinski definition) is 2. The van der Waals surface area contributed by atoms with Crippen LogP contribution in [-0.4, -0.2) is 8.42 Å². The molecule has 0 heterocycles. The van der Waals surface area contributed by atoms with Gasteiger partial charge in [0.15, 0.2) is 0 Å². The van der Waals surface area contributed by atoms with Gasteiger partial charge >= 0.3 is 0 Å². The van der Waals surface area contributed by atoms with Crippen molar-refractivity contribution in [2.24, 2.45) is 5.84 Å². The largest absolute Gasteiger partial charge is 0.257 e. The molecule has 0 spiro atoms. The van der Waals surface area contributed by atoms with Crippen LogP contribution in [-0.2, 0) is 10.0 Å². The molecular formula is C6H5BrF2N2O2S. The standard InChI is InChI=1S/C6H5BrF2N2O2S/c7-6-4(8)1-3(2-5(6)9)14(12,13)11-10/h1-2,11H,10H2. The van der Waals surface area contributed by atoms with Crippen LogP contribution in [0.4, 0.5) is 8.78 Å². The molecule has 0 bridgehead atoms. The van der Waals surface area contributed by atoms with Crippen molar-refractivity contribution in [2.45, 2.75) is 4.90 Å². The molecule has 0 radical (unpaired) electrons. The number of halogens is 3. The van der Waals surface area contributed by atoms with Crippen LogP contribution in [0.2, 0.25) is 0 Å². The number of hydrazine groups is 1. The number of nitrogens with one attached hydrogen (secondary N) is 1. The third-order valence-corrected chi connectivity index (χ3v) is 3.35. The minimum atomic E-state index is -4.03. The maximum absolute atomic E-state index is 12.9. The minimum Gasteiger partial charge on any atom is -0.257 e. The van der Waals surface area contributed by atoms with Crippen molar-refractivity contribution in [3.8, 4) is 0 Å². The molecule has 0 aromatic heterocycles. The fraction of sp³-hybridized carbons (Fsp3) is 0. The van der Waals surface area contributed by atoms with Gasteiger partial charge in [-0.15, -0.1) is 0 Å². The summed E-state index contributed by atoms with van der Waals surface area (Å²) in [4.78, 5) is 0.884. The molecule has 0 amide bonds. The zero-order chi connectivity index (χ0) is 10.9. The summed E-state index contributed by atoms with van der Waals surface area (Å²) in [6, 6.07) is 1.31. The van der Waals surface area contributed by atoms with E-state index >= 15 is 0 Å². The Morgan fingerprint density at radius 1 is 1.29 bits per heavy atom. The van der Waals surface area contributed by atoms with E-state index in [1.807, 2.05) is 0 Å². The van der Waals surface area contributed by atoms with Gasteiger partial charge in [0.1, 0.15) is 11.6 Å². The van der Waals surface area contributed by atoms with E-state index in [2.05, 4.69) is 21.8 Å². The zero-order valence-electron chi connectivity index (χ0n) is 6.59. The second kappa shape index (κ2) is 3.89. The third-order valence-electron chi connectivity index (χ3n) is 1.42. The molecule has 14 heavy (non-hydrogen) atoms. The van der Waals surface area contributed by atoms with Crippen LogP contribution in [0.3, 0.4) is 0 Å². The first-order valence-electron chi connectivity index (χ1n) is 3.25. The van der Waals surface area contributed by atoms with E-state index in [0.29, 0.717) is 12.1 Å². The summed E-state index contributed by atoms with van der Waals surface area (Å²) >= 11 is 2.61. The SMILES string of the molecule is NNS(=O)(=O)c1cc(F)c(Br)c(F)c1. The van der Waals surface area contributed by atoms with Crippen LogP contribution in [0.1, 0.15) is 0 Å². The summed E-state index contributed by atoms with van der Waals surface area (Å²) in [5.41, 5.74) is 0. The van der Waals surface area contributed by atoms with E-state index in [0.717, 1.165) is 0 Å². The first-order valence-corrected chi connectivity index (χ1v) is 5.53. The Balaban J connectivity index is 3.41. The molecular weight excluding hydrogens is 282 g/mol. The van der Waals surface area contributed by atoms with Gasteiger partial charge in [-0.05, 0) is 28.1 Å². The van der Waals surface area contributed by atoms with Crippen molar-refractivity contribution in [3.05, 3.63) is 28.2 Å². The number of benzene rings is 1. The van der Waals surface area contributed by atoms with Gasteiger partial charge in [-0.25, -0.2) is 17.2 Å². The van der Waals surface area contributed by atoms with E-state index in [9.17, 15) is 17.2 Å². The van der Waals surface area contributed by atoms with Gasteiger partial charge in [0, 0.05) is 0 Å². The van der Waals surface area contributed by atoms with E-state index < -0.39 is 31.0 Å². The third kappa shape index (κ3) is 2.08. The summed E-state index contributed by atoms with van der Waals surface area (Å²) in [7, 11) is -4.03. The fourth-order valence-corrected chi connectivity index (χ4v) is 1.64. The minimum absolute atomic E-state index is 0.423. The first-order chi connectivity index (χ1) is 6.38. The normalized spacial score (nSPS) is 11.7. The topological polar surface area (TPSA) is 72.2 Å². The monoisotopic (exact) mass is 286 g/mol. The Hall–Kier alpha value is -0.570. The predicted octanol–water partition coefficient (Wildman–Crippen LogP) is 0.879. The Morgan fingerprint density at radius 2 is 1.71 bits per heavy atom. The molecule has 8 heteroatoms. The Morgan fingerprint density at radius 3 is 2.07 bits per heavy atom. The van der Waals surface area contributed by atoms with Gasteiger partial charge in [0.2, 0.25) is 0 Å². The van der Waals surface area contributed by atoms with Gasteiger partial charge in [-0.1, -0.05) is 0 Å². The van der Waals surface area contributed by atoms with Crippen LogP contribution < -0.4 is 10.7 Å². The molecule has 1 rings (SSSR count). The van der Waals surface area contributed by atoms with Crippen molar-refractivity contribution in [1.29, 1.82) is 0 Å². The van der Waals surface area contributed by atoms with Crippen LogP contribution in [0.25, 0.3) is 0 Å². The maximum atomic E-state index is 12.9. The van der Waals surface area contributed by atoms with Crippen LogP contribution in [0, 0.1) is 11.6 Å². The van der Waals surface area contributed by atoms with Gasteiger partial charge in [0.05, 0.1) is 9.37 Å². The van der Waals surface area contributed by atoms with E-state index in [1.165, 1.54) is 4.83 Å². The van der Waals surface area contributed by atoms with Crippen LogP contribution >= 0.6 is 15.9 Å². The lowest BCUT2D eigenvalue weighted by molar-refractivity contribution is 0.555. The average molecular weight is 287 g/mol. The molecule has 0 atom stereocenters. The number of sulfonamides is 1. The quantitative estimate of drug-likeness (QED) is 0.482. The maximum Gasteiger partial charge on any atom is 0.253 e. The molecule has 0 saturated carbocycles. The second-order valence-corrected chi connectivity index (χ2v) is 4.83. The second-order valence-electron chi connectivity index (χ2n) is 2.32. The zero-order valence-corrected chi connectivity index (χ0v) is 8.99. The van der Waals surface area contributed by atoms with E-state index in [4.69, 9.17) is 0 Å². The highest BCUT2D eigenvalue weighted by atomic mass is 79.9. The van der Waals surface area contributed by atoms with Gasteiger partial charge in [0.25, 0.3) is 10.0 Å². The summed E-state index contributed by atoms with van der Waals surface area (Å²) in [6.45, 7) is 0. The molecule has 0 aliphatic carbocycles. The molecule has 1 aromatic carbocycles. The molecule has 1 aromatic rings. The highest BCUT2D eigenvalue weighted by molar-refractivity contribution is 9.10. The predicted molar refractivity (Wildman–Crippen MR) is 48.6 cm³/mol. The molecule has 4 nitrogen and oxygen atoms in total. The summed E-state index contributed by atoms with van der Waals surface area (Å²) in [5.74, 6) is 2.65. The average Bonchev–Trinajstić information content (AvgIpc) is 2.13. The van der Waals surface area contributed by atoms with Crippen molar-refractivity contribution in [3.63, 3.8) is 0 Å². The lowest BCUT2D eigenvalue weighted by Crippen LogP contribution is -2.30. The Labute approximate surface area is 87.3 Å². The summed E-state index contributed by atoms with van der Waals surface area (Å²) in [5, 5.41) is 0. The summed E-state index contributed by atoms with van der Waals surface area (Å²) < 4.78 is 47.4. The van der Waals surface area contributed by atoms with Crippen molar-refractivity contribution < 1.29 is 17.2 Å². The van der Waals surface area contributed by atoms with Crippen molar-refractivity contribution in [1.82, 2.24) is 4.83 Å². The molecule has 0 unspecified atom stereocenters. The van der Waals surface area contributed by atoms with E-state index in [-0.39, 0.29) is 0 Å². The Bertz CT molecular complexity index is 440. The molecule has 78 valence electrons. The number of nitrogens with two attached hydrogens (primary N) is 1. The van der Waals surface area contributed by atoms with Gasteiger partial charge in [-0.2, -0.15) is 4.83 Å². The van der Waals surface area contributed by atoms with Gasteiger partial charge < -0.3 is 0 Å². The Kier molecular flexibility index (Phi) is 3.20. The lowest BCUT2D eigenvalue weighted by atomic mass is 10.3. The number of hydrogen-bond acceptors (Lipinski definition) is 3. The van der Waals surface area contributed by atoms with Crippen molar-refractivity contribution in [2.75, 3.05) is 0 Å². The van der Waals surface area contributed by atoms with Crippen LogP contribution in [0.15, 0.2) is 21.5 Å². The van der Waals surface area contributed by atoms with Crippen molar-refractivity contribution >= 4 is 26.0 Å². The highest BCUT2D eigenvalue weighted by Gasteiger charge is 2.17. The molecule has 3 N–H and O–H groups in total. The molecule has 0 aliphatic heterocycles. The molecule has 0 saturated heterocycles. The number of rotatable bonds is 2. The van der Waals surface area contributed by atoms with Crippen LogP contribution in [0.5, 0.6) is 0 Å². The fourth-order valence-electron chi connectivity index (χ4n) is 0.755. The molecule has 0 aliphatic rings. The van der Waals surface area contributed by atoms with E-state index in [1.54, 1.807) is 0 Å². The van der Waals surface area contributed by atoms with Gasteiger partial charge in [-0.3, -0.25) is 5.84 Å². The smallest absolute Gasteiger partial charge is 0.253 e. The highest BCUT2D eigenvalue weighted by Crippen LogP contribution is 2.22. The first kappa shape index (κ1) is 11.5. The molecule has 0 fully saturated rings. The lowest BCUT2D eigenvalue weighted by Gasteiger charge is -2.03.